The lowest BCUT2D eigenvalue weighted by molar-refractivity contribution is 0.0930. The minimum atomic E-state index is -0.716. The Balaban J connectivity index is 2.24. The second-order valence-corrected chi connectivity index (χ2v) is 4.80. The van der Waals surface area contributed by atoms with Crippen molar-refractivity contribution in [3.63, 3.8) is 0 Å². The molecular weight excluding hydrogens is 301 g/mol. The van der Waals surface area contributed by atoms with E-state index < -0.39 is 23.5 Å². The molecule has 1 heterocycles. The average molecular weight is 314 g/mol. The Labute approximate surface area is 124 Å². The number of aromatic nitrogens is 2. The van der Waals surface area contributed by atoms with Gasteiger partial charge in [0, 0.05) is 6.92 Å². The Morgan fingerprint density at radius 2 is 2.29 bits per heavy atom. The molecule has 0 spiro atoms. The van der Waals surface area contributed by atoms with E-state index in [1.807, 2.05) is 6.92 Å². The first-order valence-corrected chi connectivity index (χ1v) is 6.59. The van der Waals surface area contributed by atoms with Crippen molar-refractivity contribution in [2.24, 2.45) is 0 Å². The van der Waals surface area contributed by atoms with Crippen LogP contribution < -0.4 is 5.32 Å². The number of aryl methyl sites for hydroxylation is 1. The number of nitrogens with zero attached hydrogens (tertiary/aromatic N) is 2. The van der Waals surface area contributed by atoms with Crippen LogP contribution in [-0.4, -0.2) is 21.2 Å². The Hall–Kier alpha value is -2.15. The maximum atomic E-state index is 13.3. The van der Waals surface area contributed by atoms with Crippen LogP contribution in [0.2, 0.25) is 5.02 Å². The zero-order chi connectivity index (χ0) is 15.6. The molecule has 0 saturated carbocycles. The van der Waals surface area contributed by atoms with Gasteiger partial charge in [0.2, 0.25) is 5.89 Å². The third kappa shape index (κ3) is 3.30. The molecule has 1 aromatic carbocycles. The summed E-state index contributed by atoms with van der Waals surface area (Å²) >= 11 is 5.64. The second-order valence-electron chi connectivity index (χ2n) is 4.39. The number of phenolic OH excluding ortho intramolecular Hbond substituents is 1. The number of phenols is 1. The summed E-state index contributed by atoms with van der Waals surface area (Å²) in [6.45, 7) is 3.44. The molecular formula is C13H13ClFN3O3. The molecule has 2 rings (SSSR count). The number of carbonyl (C=O) groups is 1. The first-order chi connectivity index (χ1) is 9.92. The quantitative estimate of drug-likeness (QED) is 0.906. The van der Waals surface area contributed by atoms with Crippen molar-refractivity contribution in [3.8, 4) is 5.75 Å². The third-order valence-corrected chi connectivity index (χ3v) is 3.13. The lowest BCUT2D eigenvalue weighted by atomic mass is 10.1. The van der Waals surface area contributed by atoms with Gasteiger partial charge in [0.15, 0.2) is 5.82 Å². The highest BCUT2D eigenvalue weighted by Gasteiger charge is 2.22. The van der Waals surface area contributed by atoms with Gasteiger partial charge in [0.05, 0.1) is 16.6 Å². The molecule has 0 aliphatic heterocycles. The van der Waals surface area contributed by atoms with Gasteiger partial charge in [0.25, 0.3) is 5.91 Å². The molecule has 0 radical (unpaired) electrons. The first kappa shape index (κ1) is 15.2. The van der Waals surface area contributed by atoms with Crippen molar-refractivity contribution >= 4 is 17.5 Å². The van der Waals surface area contributed by atoms with Crippen molar-refractivity contribution in [2.75, 3.05) is 0 Å². The topological polar surface area (TPSA) is 88.2 Å². The van der Waals surface area contributed by atoms with Crippen LogP contribution in [0, 0.1) is 12.7 Å². The van der Waals surface area contributed by atoms with Gasteiger partial charge in [0.1, 0.15) is 11.6 Å². The van der Waals surface area contributed by atoms with Crippen molar-refractivity contribution < 1.29 is 18.8 Å². The number of halogens is 2. The van der Waals surface area contributed by atoms with Crippen LogP contribution in [0.3, 0.4) is 0 Å². The van der Waals surface area contributed by atoms with Crippen LogP contribution in [0.4, 0.5) is 4.39 Å². The van der Waals surface area contributed by atoms with E-state index in [1.165, 1.54) is 0 Å². The highest BCUT2D eigenvalue weighted by atomic mass is 35.5. The largest absolute Gasteiger partial charge is 0.506 e. The maximum Gasteiger partial charge on any atom is 0.255 e. The van der Waals surface area contributed by atoms with Gasteiger partial charge in [-0.1, -0.05) is 23.7 Å². The average Bonchev–Trinajstić information content (AvgIpc) is 2.86. The molecule has 0 aliphatic carbocycles. The highest BCUT2D eigenvalue weighted by Crippen LogP contribution is 2.29. The predicted molar refractivity (Wildman–Crippen MR) is 72.6 cm³/mol. The van der Waals surface area contributed by atoms with Gasteiger partial charge in [-0.05, 0) is 18.6 Å². The molecule has 1 aromatic heterocycles. The Bertz CT molecular complexity index is 675. The standard InChI is InChI=1S/C13H13ClFN3O3/c1-3-10(12-16-6(2)21-18-12)17-13(20)8-4-7(15)5-9(14)11(8)19/h4-5,10,19H,3H2,1-2H3,(H,17,20)/t10-/m1/s1. The number of hydrogen-bond acceptors (Lipinski definition) is 5. The summed E-state index contributed by atoms with van der Waals surface area (Å²) in [5.41, 5.74) is -0.251. The van der Waals surface area contributed by atoms with E-state index in [-0.39, 0.29) is 10.6 Å². The van der Waals surface area contributed by atoms with Gasteiger partial charge < -0.3 is 14.9 Å². The van der Waals surface area contributed by atoms with Crippen molar-refractivity contribution in [2.45, 2.75) is 26.3 Å². The summed E-state index contributed by atoms with van der Waals surface area (Å²) in [5, 5.41) is 15.8. The fraction of sp³-hybridized carbons (Fsp3) is 0.308. The summed E-state index contributed by atoms with van der Waals surface area (Å²) in [6.07, 6.45) is 0.495. The van der Waals surface area contributed by atoms with Gasteiger partial charge in [-0.15, -0.1) is 0 Å². The molecule has 1 atom stereocenters. The van der Waals surface area contributed by atoms with Crippen molar-refractivity contribution in [1.82, 2.24) is 15.5 Å². The van der Waals surface area contributed by atoms with E-state index >= 15 is 0 Å². The molecule has 8 heteroatoms. The second kappa shape index (κ2) is 6.09. The molecule has 0 bridgehead atoms. The van der Waals surface area contributed by atoms with Crippen LogP contribution in [-0.2, 0) is 0 Å². The van der Waals surface area contributed by atoms with Gasteiger partial charge in [-0.3, -0.25) is 4.79 Å². The minimum Gasteiger partial charge on any atom is -0.506 e. The van der Waals surface area contributed by atoms with Crippen molar-refractivity contribution in [1.29, 1.82) is 0 Å². The van der Waals surface area contributed by atoms with E-state index in [2.05, 4.69) is 15.5 Å². The summed E-state index contributed by atoms with van der Waals surface area (Å²) in [5.74, 6) is -1.19. The first-order valence-electron chi connectivity index (χ1n) is 6.21. The monoisotopic (exact) mass is 313 g/mol. The van der Waals surface area contributed by atoms with E-state index in [0.717, 1.165) is 12.1 Å². The van der Waals surface area contributed by atoms with E-state index in [4.69, 9.17) is 16.1 Å². The van der Waals surface area contributed by atoms with Crippen LogP contribution in [0.15, 0.2) is 16.7 Å². The molecule has 0 aliphatic rings. The van der Waals surface area contributed by atoms with E-state index in [1.54, 1.807) is 6.92 Å². The summed E-state index contributed by atoms with van der Waals surface area (Å²) in [6, 6.07) is 1.31. The number of carbonyl (C=O) groups excluding carboxylic acids is 1. The van der Waals surface area contributed by atoms with Crippen LogP contribution in [0.25, 0.3) is 0 Å². The van der Waals surface area contributed by atoms with E-state index in [9.17, 15) is 14.3 Å². The molecule has 0 saturated heterocycles. The van der Waals surface area contributed by atoms with Crippen LogP contribution in [0.5, 0.6) is 5.75 Å². The van der Waals surface area contributed by atoms with Gasteiger partial charge in [-0.25, -0.2) is 4.39 Å². The number of amides is 1. The molecule has 2 aromatic rings. The number of rotatable bonds is 4. The Morgan fingerprint density at radius 3 is 2.86 bits per heavy atom. The van der Waals surface area contributed by atoms with Crippen LogP contribution >= 0.6 is 11.6 Å². The number of hydrogen-bond donors (Lipinski definition) is 2. The maximum absolute atomic E-state index is 13.3. The predicted octanol–water partition coefficient (Wildman–Crippen LogP) is 2.76. The molecule has 112 valence electrons. The molecule has 2 N–H and O–H groups in total. The highest BCUT2D eigenvalue weighted by molar-refractivity contribution is 6.32. The minimum absolute atomic E-state index is 0.233. The third-order valence-electron chi connectivity index (χ3n) is 2.84. The fourth-order valence-corrected chi connectivity index (χ4v) is 1.99. The lowest BCUT2D eigenvalue weighted by Gasteiger charge is -2.14. The van der Waals surface area contributed by atoms with Gasteiger partial charge >= 0.3 is 0 Å². The number of nitrogens with one attached hydrogen (secondary N) is 1. The summed E-state index contributed by atoms with van der Waals surface area (Å²) < 4.78 is 18.2. The molecule has 0 fully saturated rings. The molecule has 6 nitrogen and oxygen atoms in total. The zero-order valence-corrected chi connectivity index (χ0v) is 12.1. The van der Waals surface area contributed by atoms with Gasteiger partial charge in [-0.2, -0.15) is 4.98 Å². The normalized spacial score (nSPS) is 12.2. The molecule has 0 unspecified atom stereocenters. The number of aromatic hydroxyl groups is 1. The SMILES string of the molecule is CC[C@@H](NC(=O)c1cc(F)cc(Cl)c1O)c1noc(C)n1. The molecule has 1 amide bonds. The van der Waals surface area contributed by atoms with Crippen molar-refractivity contribution in [3.05, 3.63) is 40.3 Å². The van der Waals surface area contributed by atoms with E-state index in [0.29, 0.717) is 18.1 Å². The Kier molecular flexibility index (Phi) is 4.42. The molecule has 21 heavy (non-hydrogen) atoms. The lowest BCUT2D eigenvalue weighted by Crippen LogP contribution is -2.29. The summed E-state index contributed by atoms with van der Waals surface area (Å²) in [4.78, 5) is 16.2. The smallest absolute Gasteiger partial charge is 0.255 e. The fourth-order valence-electron chi connectivity index (χ4n) is 1.78. The van der Waals surface area contributed by atoms with Crippen LogP contribution in [0.1, 0.15) is 41.5 Å². The number of benzene rings is 1. The Morgan fingerprint density at radius 1 is 1.57 bits per heavy atom. The zero-order valence-electron chi connectivity index (χ0n) is 11.4. The summed E-state index contributed by atoms with van der Waals surface area (Å²) in [7, 11) is 0.